The van der Waals surface area contributed by atoms with Crippen molar-refractivity contribution in [2.45, 2.75) is 25.8 Å². The van der Waals surface area contributed by atoms with E-state index in [1.54, 1.807) is 6.92 Å². The summed E-state index contributed by atoms with van der Waals surface area (Å²) in [7, 11) is 0. The van der Waals surface area contributed by atoms with Gasteiger partial charge in [0.05, 0.1) is 0 Å². The maximum absolute atomic E-state index is 12.0. The predicted octanol–water partition coefficient (Wildman–Crippen LogP) is 1.13. The Morgan fingerprint density at radius 1 is 1.20 bits per heavy atom. The van der Waals surface area contributed by atoms with Crippen LogP contribution in [0.15, 0.2) is 30.3 Å². The Hall–Kier alpha value is -1.88. The first-order chi connectivity index (χ1) is 9.66. The summed E-state index contributed by atoms with van der Waals surface area (Å²) in [6, 6.07) is 8.70. The van der Waals surface area contributed by atoms with Crippen molar-refractivity contribution in [3.63, 3.8) is 0 Å². The third-order valence-electron chi connectivity index (χ3n) is 3.50. The average molecular weight is 275 g/mol. The van der Waals surface area contributed by atoms with Gasteiger partial charge >= 0.3 is 0 Å². The molecule has 0 bridgehead atoms. The van der Waals surface area contributed by atoms with E-state index < -0.39 is 6.04 Å². The molecule has 1 saturated heterocycles. The van der Waals surface area contributed by atoms with Crippen LogP contribution in [0.2, 0.25) is 0 Å². The molecule has 1 aliphatic heterocycles. The number of nitrogens with one attached hydrogen (secondary N) is 3. The van der Waals surface area contributed by atoms with Crippen molar-refractivity contribution in [3.8, 4) is 0 Å². The number of para-hydroxylation sites is 1. The molecule has 1 atom stereocenters. The van der Waals surface area contributed by atoms with Crippen LogP contribution in [0.5, 0.6) is 0 Å². The first-order valence-electron chi connectivity index (χ1n) is 7.04. The van der Waals surface area contributed by atoms with Gasteiger partial charge in [0.15, 0.2) is 0 Å². The fourth-order valence-corrected chi connectivity index (χ4v) is 2.25. The lowest BCUT2D eigenvalue weighted by atomic mass is 9.97. The van der Waals surface area contributed by atoms with Gasteiger partial charge in [0, 0.05) is 11.6 Å². The highest BCUT2D eigenvalue weighted by Gasteiger charge is 2.24. The molecule has 3 N–H and O–H groups in total. The van der Waals surface area contributed by atoms with Gasteiger partial charge in [-0.25, -0.2) is 0 Å². The lowest BCUT2D eigenvalue weighted by molar-refractivity contribution is -0.129. The molecular weight excluding hydrogens is 254 g/mol. The highest BCUT2D eigenvalue weighted by molar-refractivity contribution is 5.97. The fraction of sp³-hybridized carbons (Fsp3) is 0.467. The number of amides is 2. The molecule has 1 aromatic rings. The maximum Gasteiger partial charge on any atom is 0.246 e. The van der Waals surface area contributed by atoms with E-state index in [0.717, 1.165) is 31.6 Å². The van der Waals surface area contributed by atoms with E-state index in [-0.39, 0.29) is 17.7 Å². The summed E-state index contributed by atoms with van der Waals surface area (Å²) in [5, 5.41) is 8.79. The van der Waals surface area contributed by atoms with Crippen LogP contribution in [-0.4, -0.2) is 30.9 Å². The van der Waals surface area contributed by atoms with Gasteiger partial charge in [-0.3, -0.25) is 9.59 Å². The van der Waals surface area contributed by atoms with Crippen molar-refractivity contribution in [3.05, 3.63) is 30.3 Å². The van der Waals surface area contributed by atoms with E-state index in [1.807, 2.05) is 30.3 Å². The van der Waals surface area contributed by atoms with Gasteiger partial charge in [0.25, 0.3) is 0 Å². The summed E-state index contributed by atoms with van der Waals surface area (Å²) in [6.45, 7) is 3.43. The smallest absolute Gasteiger partial charge is 0.246 e. The van der Waals surface area contributed by atoms with Crippen molar-refractivity contribution in [2.75, 3.05) is 18.4 Å². The van der Waals surface area contributed by atoms with Crippen LogP contribution in [0.3, 0.4) is 0 Å². The first kappa shape index (κ1) is 14.5. The predicted molar refractivity (Wildman–Crippen MR) is 78.3 cm³/mol. The van der Waals surface area contributed by atoms with E-state index in [1.165, 1.54) is 0 Å². The molecule has 20 heavy (non-hydrogen) atoms. The van der Waals surface area contributed by atoms with Crippen LogP contribution < -0.4 is 16.0 Å². The molecule has 1 aromatic carbocycles. The van der Waals surface area contributed by atoms with E-state index in [2.05, 4.69) is 16.0 Å². The summed E-state index contributed by atoms with van der Waals surface area (Å²) < 4.78 is 0. The van der Waals surface area contributed by atoms with Gasteiger partial charge in [0.1, 0.15) is 6.04 Å². The van der Waals surface area contributed by atoms with Crippen molar-refractivity contribution in [1.29, 1.82) is 0 Å². The normalized spacial score (nSPS) is 17.2. The number of anilines is 1. The Labute approximate surface area is 119 Å². The second kappa shape index (κ2) is 7.05. The summed E-state index contributed by atoms with van der Waals surface area (Å²) >= 11 is 0. The molecule has 1 unspecified atom stereocenters. The largest absolute Gasteiger partial charge is 0.344 e. The molecule has 2 amide bonds. The molecule has 5 heteroatoms. The van der Waals surface area contributed by atoms with E-state index in [4.69, 9.17) is 0 Å². The lowest BCUT2D eigenvalue weighted by Crippen LogP contribution is -2.46. The van der Waals surface area contributed by atoms with Crippen molar-refractivity contribution in [2.24, 2.45) is 5.92 Å². The van der Waals surface area contributed by atoms with Crippen LogP contribution in [0, 0.1) is 5.92 Å². The van der Waals surface area contributed by atoms with E-state index in [0.29, 0.717) is 0 Å². The Bertz CT molecular complexity index is 455. The second-order valence-corrected chi connectivity index (χ2v) is 5.11. The minimum absolute atomic E-state index is 0.0169. The summed E-state index contributed by atoms with van der Waals surface area (Å²) in [5.41, 5.74) is 0.737. The first-order valence-corrected chi connectivity index (χ1v) is 7.04. The van der Waals surface area contributed by atoms with Crippen LogP contribution in [0.4, 0.5) is 5.69 Å². The number of hydrogen-bond donors (Lipinski definition) is 3. The Kier molecular flexibility index (Phi) is 5.12. The molecule has 0 aliphatic carbocycles. The zero-order valence-electron chi connectivity index (χ0n) is 11.7. The average Bonchev–Trinajstić information content (AvgIpc) is 2.49. The second-order valence-electron chi connectivity index (χ2n) is 5.11. The number of piperidine rings is 1. The highest BCUT2D eigenvalue weighted by atomic mass is 16.2. The molecule has 108 valence electrons. The molecule has 0 radical (unpaired) electrons. The van der Waals surface area contributed by atoms with E-state index >= 15 is 0 Å². The van der Waals surface area contributed by atoms with Crippen LogP contribution >= 0.6 is 0 Å². The van der Waals surface area contributed by atoms with Crippen LogP contribution in [0.1, 0.15) is 19.8 Å². The topological polar surface area (TPSA) is 70.2 Å². The lowest BCUT2D eigenvalue weighted by Gasteiger charge is -2.23. The standard InChI is InChI=1S/C15H21N3O2/c1-11(14(19)18-13-5-3-2-4-6-13)17-15(20)12-7-9-16-10-8-12/h2-6,11-12,16H,7-10H2,1H3,(H,17,20)(H,18,19). The Balaban J connectivity index is 1.82. The highest BCUT2D eigenvalue weighted by Crippen LogP contribution is 2.12. The third-order valence-corrected chi connectivity index (χ3v) is 3.50. The Morgan fingerprint density at radius 3 is 2.50 bits per heavy atom. The minimum Gasteiger partial charge on any atom is -0.344 e. The van der Waals surface area contributed by atoms with Gasteiger partial charge in [-0.05, 0) is 45.0 Å². The van der Waals surface area contributed by atoms with Crippen LogP contribution in [0.25, 0.3) is 0 Å². The van der Waals surface area contributed by atoms with E-state index in [9.17, 15) is 9.59 Å². The van der Waals surface area contributed by atoms with Gasteiger partial charge in [-0.15, -0.1) is 0 Å². The molecular formula is C15H21N3O2. The molecule has 1 fully saturated rings. The number of hydrogen-bond acceptors (Lipinski definition) is 3. The number of benzene rings is 1. The zero-order valence-corrected chi connectivity index (χ0v) is 11.7. The molecule has 5 nitrogen and oxygen atoms in total. The summed E-state index contributed by atoms with van der Waals surface area (Å²) in [6.07, 6.45) is 1.66. The van der Waals surface area contributed by atoms with Crippen molar-refractivity contribution in [1.82, 2.24) is 10.6 Å². The zero-order chi connectivity index (χ0) is 14.4. The number of carbonyl (C=O) groups is 2. The number of carbonyl (C=O) groups excluding carboxylic acids is 2. The third kappa shape index (κ3) is 4.06. The monoisotopic (exact) mass is 275 g/mol. The van der Waals surface area contributed by atoms with Gasteiger partial charge in [-0.2, -0.15) is 0 Å². The molecule has 0 aromatic heterocycles. The Morgan fingerprint density at radius 2 is 1.85 bits per heavy atom. The molecule has 0 saturated carbocycles. The SMILES string of the molecule is CC(NC(=O)C1CCNCC1)C(=O)Nc1ccccc1. The van der Waals surface area contributed by atoms with Crippen LogP contribution in [-0.2, 0) is 9.59 Å². The van der Waals surface area contributed by atoms with Crippen molar-refractivity contribution >= 4 is 17.5 Å². The maximum atomic E-state index is 12.0. The van der Waals surface area contributed by atoms with Gasteiger partial charge < -0.3 is 16.0 Å². The quantitative estimate of drug-likeness (QED) is 0.771. The van der Waals surface area contributed by atoms with Crippen molar-refractivity contribution < 1.29 is 9.59 Å². The molecule has 2 rings (SSSR count). The number of rotatable bonds is 4. The van der Waals surface area contributed by atoms with Gasteiger partial charge in [0.2, 0.25) is 11.8 Å². The molecule has 0 spiro atoms. The fourth-order valence-electron chi connectivity index (χ4n) is 2.25. The summed E-state index contributed by atoms with van der Waals surface area (Å²) in [4.78, 5) is 24.0. The van der Waals surface area contributed by atoms with Gasteiger partial charge in [-0.1, -0.05) is 18.2 Å². The molecule has 1 heterocycles. The summed E-state index contributed by atoms with van der Waals surface area (Å²) in [5.74, 6) is -0.205. The molecule has 1 aliphatic rings. The minimum atomic E-state index is -0.530.